The maximum Gasteiger partial charge on any atom is 0.250 e. The summed E-state index contributed by atoms with van der Waals surface area (Å²) in [5.74, 6) is 0.0385. The van der Waals surface area contributed by atoms with Crippen molar-refractivity contribution < 1.29 is 13.6 Å². The van der Waals surface area contributed by atoms with Gasteiger partial charge < -0.3 is 9.32 Å². The Morgan fingerprint density at radius 1 is 1.26 bits per heavy atom. The summed E-state index contributed by atoms with van der Waals surface area (Å²) in [6, 6.07) is 7.81. The predicted molar refractivity (Wildman–Crippen MR) is 94.9 cm³/mol. The van der Waals surface area contributed by atoms with E-state index in [4.69, 9.17) is 4.42 Å². The first kappa shape index (κ1) is 17.4. The number of rotatable bonds is 4. The number of halogens is 1. The molecule has 0 bridgehead atoms. The summed E-state index contributed by atoms with van der Waals surface area (Å²) in [6.45, 7) is 0.633. The van der Waals surface area contributed by atoms with Crippen molar-refractivity contribution in [3.63, 3.8) is 0 Å². The fraction of sp³-hybridized carbons (Fsp3) is 0.368. The molecule has 27 heavy (non-hydrogen) atoms. The van der Waals surface area contributed by atoms with Gasteiger partial charge in [-0.3, -0.25) is 9.48 Å². The summed E-state index contributed by atoms with van der Waals surface area (Å²) in [4.78, 5) is 14.6. The van der Waals surface area contributed by atoms with Crippen molar-refractivity contribution in [3.05, 3.63) is 53.9 Å². The van der Waals surface area contributed by atoms with Gasteiger partial charge in [-0.25, -0.2) is 4.39 Å². The Hall–Kier alpha value is -3.03. The Kier molecular flexibility index (Phi) is 4.70. The number of hydrogen-bond donors (Lipinski definition) is 0. The van der Waals surface area contributed by atoms with Gasteiger partial charge in [0.15, 0.2) is 0 Å². The van der Waals surface area contributed by atoms with Crippen molar-refractivity contribution in [1.29, 1.82) is 0 Å². The van der Waals surface area contributed by atoms with E-state index in [2.05, 4.69) is 15.3 Å². The Morgan fingerprint density at radius 2 is 2.11 bits per heavy atom. The maximum atomic E-state index is 14.0. The number of nitrogens with zero attached hydrogens (tertiary/aromatic N) is 5. The van der Waals surface area contributed by atoms with Crippen LogP contribution in [0, 0.1) is 5.82 Å². The molecule has 1 aliphatic rings. The Labute approximate surface area is 155 Å². The highest BCUT2D eigenvalue weighted by Crippen LogP contribution is 2.32. The summed E-state index contributed by atoms with van der Waals surface area (Å²) in [7, 11) is 1.82. The number of piperidine rings is 1. The van der Waals surface area contributed by atoms with Crippen molar-refractivity contribution >= 4 is 5.91 Å². The minimum absolute atomic E-state index is 0.0240. The molecule has 3 aromatic rings. The largest absolute Gasteiger partial charge is 0.418 e. The average molecular weight is 369 g/mol. The summed E-state index contributed by atoms with van der Waals surface area (Å²) < 4.78 is 21.4. The van der Waals surface area contributed by atoms with Crippen LogP contribution >= 0.6 is 0 Å². The molecule has 4 rings (SSSR count). The molecule has 1 atom stereocenters. The number of carbonyl (C=O) groups is 1. The van der Waals surface area contributed by atoms with Crippen LogP contribution in [0.25, 0.3) is 11.5 Å². The average Bonchev–Trinajstić information content (AvgIpc) is 3.31. The van der Waals surface area contributed by atoms with Gasteiger partial charge >= 0.3 is 0 Å². The first-order chi connectivity index (χ1) is 13.1. The molecule has 1 fully saturated rings. The van der Waals surface area contributed by atoms with Gasteiger partial charge in [0, 0.05) is 19.8 Å². The molecule has 0 N–H and O–H groups in total. The summed E-state index contributed by atoms with van der Waals surface area (Å²) in [6.07, 6.45) is 4.68. The molecule has 8 heteroatoms. The molecule has 0 aliphatic carbocycles. The van der Waals surface area contributed by atoms with Crippen molar-refractivity contribution in [2.75, 3.05) is 6.54 Å². The van der Waals surface area contributed by atoms with E-state index >= 15 is 0 Å². The van der Waals surface area contributed by atoms with Crippen LogP contribution in [-0.2, 0) is 18.3 Å². The quantitative estimate of drug-likeness (QED) is 0.707. The molecule has 1 aliphatic heterocycles. The molecule has 3 heterocycles. The van der Waals surface area contributed by atoms with Gasteiger partial charge in [-0.15, -0.1) is 10.2 Å². The van der Waals surface area contributed by atoms with E-state index in [-0.39, 0.29) is 29.8 Å². The number of aryl methyl sites for hydroxylation is 1. The SMILES string of the molecule is Cn1ccc(CC(=O)N2CCCCC2c2nnc(-c3ccccc3F)o2)n1. The molecule has 1 unspecified atom stereocenters. The van der Waals surface area contributed by atoms with Gasteiger partial charge in [0.05, 0.1) is 17.7 Å². The molecular formula is C19H20FN5O2. The van der Waals surface area contributed by atoms with Crippen LogP contribution < -0.4 is 0 Å². The Morgan fingerprint density at radius 3 is 2.89 bits per heavy atom. The molecule has 140 valence electrons. The third kappa shape index (κ3) is 3.60. The Balaban J connectivity index is 1.56. The van der Waals surface area contributed by atoms with Crippen molar-refractivity contribution in [2.45, 2.75) is 31.7 Å². The zero-order valence-corrected chi connectivity index (χ0v) is 15.0. The highest BCUT2D eigenvalue weighted by atomic mass is 19.1. The lowest BCUT2D eigenvalue weighted by Crippen LogP contribution is -2.39. The van der Waals surface area contributed by atoms with E-state index in [1.807, 2.05) is 19.3 Å². The first-order valence-electron chi connectivity index (χ1n) is 8.98. The number of likely N-dealkylation sites (tertiary alicyclic amines) is 1. The molecule has 1 amide bonds. The van der Waals surface area contributed by atoms with Crippen LogP contribution in [-0.4, -0.2) is 37.3 Å². The highest BCUT2D eigenvalue weighted by molar-refractivity contribution is 5.78. The van der Waals surface area contributed by atoms with Crippen molar-refractivity contribution in [1.82, 2.24) is 24.9 Å². The summed E-state index contributed by atoms with van der Waals surface area (Å²) in [5, 5.41) is 12.4. The molecule has 0 spiro atoms. The zero-order valence-electron chi connectivity index (χ0n) is 15.0. The second-order valence-corrected chi connectivity index (χ2v) is 6.68. The minimum atomic E-state index is -0.417. The number of benzene rings is 1. The fourth-order valence-corrected chi connectivity index (χ4v) is 3.41. The molecule has 0 saturated carbocycles. The van der Waals surface area contributed by atoms with E-state index in [1.54, 1.807) is 27.8 Å². The van der Waals surface area contributed by atoms with Gasteiger partial charge in [0.1, 0.15) is 11.9 Å². The van der Waals surface area contributed by atoms with E-state index < -0.39 is 5.82 Å². The van der Waals surface area contributed by atoms with Gasteiger partial charge in [-0.1, -0.05) is 12.1 Å². The summed E-state index contributed by atoms with van der Waals surface area (Å²) >= 11 is 0. The minimum Gasteiger partial charge on any atom is -0.418 e. The zero-order chi connectivity index (χ0) is 18.8. The lowest BCUT2D eigenvalue weighted by atomic mass is 10.0. The van der Waals surface area contributed by atoms with E-state index in [1.165, 1.54) is 6.07 Å². The third-order valence-corrected chi connectivity index (χ3v) is 4.75. The van der Waals surface area contributed by atoms with E-state index in [0.29, 0.717) is 12.4 Å². The normalized spacial score (nSPS) is 17.3. The van der Waals surface area contributed by atoms with Gasteiger partial charge in [-0.05, 0) is 37.5 Å². The number of carbonyl (C=O) groups excluding carboxylic acids is 1. The van der Waals surface area contributed by atoms with Crippen LogP contribution in [0.4, 0.5) is 4.39 Å². The van der Waals surface area contributed by atoms with E-state index in [0.717, 1.165) is 25.0 Å². The topological polar surface area (TPSA) is 77.0 Å². The van der Waals surface area contributed by atoms with Crippen LogP contribution in [0.1, 0.15) is 36.9 Å². The molecule has 2 aromatic heterocycles. The molecule has 1 aromatic carbocycles. The fourth-order valence-electron chi connectivity index (χ4n) is 3.41. The highest BCUT2D eigenvalue weighted by Gasteiger charge is 2.32. The van der Waals surface area contributed by atoms with Crippen LogP contribution in [0.5, 0.6) is 0 Å². The lowest BCUT2D eigenvalue weighted by molar-refractivity contribution is -0.135. The molecular weight excluding hydrogens is 349 g/mol. The number of amides is 1. The maximum absolute atomic E-state index is 14.0. The third-order valence-electron chi connectivity index (χ3n) is 4.75. The van der Waals surface area contributed by atoms with Crippen molar-refractivity contribution in [2.24, 2.45) is 7.05 Å². The second-order valence-electron chi connectivity index (χ2n) is 6.68. The first-order valence-corrected chi connectivity index (χ1v) is 8.98. The van der Waals surface area contributed by atoms with Crippen LogP contribution in [0.2, 0.25) is 0 Å². The molecule has 1 saturated heterocycles. The standard InChI is InChI=1S/C19H20FN5O2/c1-24-11-9-13(23-24)12-17(26)25-10-5-4-8-16(25)19-22-21-18(27-19)14-6-2-3-7-15(14)20/h2-3,6-7,9,11,16H,4-5,8,10,12H2,1H3. The number of aromatic nitrogens is 4. The lowest BCUT2D eigenvalue weighted by Gasteiger charge is -2.33. The number of hydrogen-bond acceptors (Lipinski definition) is 5. The van der Waals surface area contributed by atoms with E-state index in [9.17, 15) is 9.18 Å². The van der Waals surface area contributed by atoms with Gasteiger partial charge in [-0.2, -0.15) is 5.10 Å². The molecule has 0 radical (unpaired) electrons. The summed E-state index contributed by atoms with van der Waals surface area (Å²) in [5.41, 5.74) is 0.989. The van der Waals surface area contributed by atoms with Crippen LogP contribution in [0.15, 0.2) is 40.9 Å². The predicted octanol–water partition coefficient (Wildman–Crippen LogP) is 2.91. The van der Waals surface area contributed by atoms with Gasteiger partial charge in [0.25, 0.3) is 5.89 Å². The smallest absolute Gasteiger partial charge is 0.250 e. The Bertz CT molecular complexity index is 951. The second kappa shape index (κ2) is 7.30. The monoisotopic (exact) mass is 369 g/mol. The van der Waals surface area contributed by atoms with Crippen LogP contribution in [0.3, 0.4) is 0 Å². The van der Waals surface area contributed by atoms with Gasteiger partial charge in [0.2, 0.25) is 11.8 Å². The van der Waals surface area contributed by atoms with Crippen molar-refractivity contribution in [3.8, 4) is 11.5 Å². The molecule has 7 nitrogen and oxygen atoms in total.